The molecule has 0 unspecified atom stereocenters. The second-order valence-corrected chi connectivity index (χ2v) is 6.29. The Bertz CT molecular complexity index is 422. The summed E-state index contributed by atoms with van der Waals surface area (Å²) in [6.07, 6.45) is 4.07. The fourth-order valence-electron chi connectivity index (χ4n) is 2.10. The number of aromatic nitrogens is 1. The fourth-order valence-corrected chi connectivity index (χ4v) is 2.89. The molecule has 0 atom stereocenters. The van der Waals surface area contributed by atoms with E-state index in [-0.39, 0.29) is 24.0 Å². The van der Waals surface area contributed by atoms with E-state index in [9.17, 15) is 0 Å². The van der Waals surface area contributed by atoms with Gasteiger partial charge in [-0.3, -0.25) is 4.99 Å². The summed E-state index contributed by atoms with van der Waals surface area (Å²) in [6.45, 7) is 11.6. The highest BCUT2D eigenvalue weighted by Crippen LogP contribution is 2.10. The number of hydrogen-bond acceptors (Lipinski definition) is 4. The number of aliphatic imine (C=N–C) groups is 1. The SMILES string of the molecule is CCCN(CC)CCNC(=NC)NCCc1ncc(C)s1.I. The van der Waals surface area contributed by atoms with Crippen LogP contribution in [0.25, 0.3) is 0 Å². The minimum atomic E-state index is 0. The Morgan fingerprint density at radius 2 is 2.00 bits per heavy atom. The zero-order chi connectivity index (χ0) is 15.5. The van der Waals surface area contributed by atoms with Crippen molar-refractivity contribution >= 4 is 41.3 Å². The van der Waals surface area contributed by atoms with Crippen LogP contribution in [-0.4, -0.2) is 55.6 Å². The molecule has 1 aromatic heterocycles. The maximum Gasteiger partial charge on any atom is 0.191 e. The lowest BCUT2D eigenvalue weighted by molar-refractivity contribution is 0.293. The largest absolute Gasteiger partial charge is 0.356 e. The second kappa shape index (κ2) is 13.1. The van der Waals surface area contributed by atoms with E-state index in [0.29, 0.717) is 0 Å². The van der Waals surface area contributed by atoms with Gasteiger partial charge in [0, 0.05) is 44.2 Å². The van der Waals surface area contributed by atoms with E-state index in [0.717, 1.165) is 45.1 Å². The third-order valence-electron chi connectivity index (χ3n) is 3.23. The third-order valence-corrected chi connectivity index (χ3v) is 4.20. The Morgan fingerprint density at radius 3 is 2.55 bits per heavy atom. The van der Waals surface area contributed by atoms with E-state index in [1.807, 2.05) is 13.2 Å². The molecule has 2 N–H and O–H groups in total. The van der Waals surface area contributed by atoms with Crippen molar-refractivity contribution in [2.75, 3.05) is 39.8 Å². The van der Waals surface area contributed by atoms with E-state index in [2.05, 4.69) is 46.3 Å². The van der Waals surface area contributed by atoms with Gasteiger partial charge in [0.15, 0.2) is 5.96 Å². The van der Waals surface area contributed by atoms with Crippen molar-refractivity contribution in [2.24, 2.45) is 4.99 Å². The van der Waals surface area contributed by atoms with E-state index in [1.165, 1.54) is 16.3 Å². The Balaban J connectivity index is 0.00000441. The highest BCUT2D eigenvalue weighted by molar-refractivity contribution is 14.0. The summed E-state index contributed by atoms with van der Waals surface area (Å²) in [7, 11) is 1.81. The van der Waals surface area contributed by atoms with Gasteiger partial charge in [0.1, 0.15) is 0 Å². The molecule has 0 aromatic carbocycles. The molecule has 0 radical (unpaired) electrons. The average molecular weight is 439 g/mol. The van der Waals surface area contributed by atoms with Crippen molar-refractivity contribution in [1.29, 1.82) is 0 Å². The molecule has 0 saturated heterocycles. The van der Waals surface area contributed by atoms with Gasteiger partial charge in [0.05, 0.1) is 5.01 Å². The molecular formula is C15H30IN5S. The number of nitrogens with zero attached hydrogens (tertiary/aromatic N) is 3. The molecule has 0 spiro atoms. The van der Waals surface area contributed by atoms with Crippen molar-refractivity contribution in [3.05, 3.63) is 16.1 Å². The van der Waals surface area contributed by atoms with E-state index < -0.39 is 0 Å². The number of likely N-dealkylation sites (N-methyl/N-ethyl adjacent to an activating group) is 1. The second-order valence-electron chi connectivity index (χ2n) is 4.97. The van der Waals surface area contributed by atoms with Crippen molar-refractivity contribution in [2.45, 2.75) is 33.6 Å². The van der Waals surface area contributed by atoms with Gasteiger partial charge >= 0.3 is 0 Å². The number of halogens is 1. The summed E-state index contributed by atoms with van der Waals surface area (Å²) >= 11 is 1.76. The minimum Gasteiger partial charge on any atom is -0.356 e. The van der Waals surface area contributed by atoms with Crippen molar-refractivity contribution in [3.8, 4) is 0 Å². The molecule has 128 valence electrons. The van der Waals surface area contributed by atoms with Gasteiger partial charge in [-0.25, -0.2) is 4.98 Å². The molecule has 0 bridgehead atoms. The topological polar surface area (TPSA) is 52.5 Å². The molecule has 0 aliphatic heterocycles. The first-order chi connectivity index (χ1) is 10.2. The highest BCUT2D eigenvalue weighted by atomic mass is 127. The first-order valence-electron chi connectivity index (χ1n) is 7.77. The molecule has 7 heteroatoms. The number of rotatable bonds is 9. The van der Waals surface area contributed by atoms with Gasteiger partial charge in [-0.05, 0) is 26.4 Å². The van der Waals surface area contributed by atoms with Gasteiger partial charge < -0.3 is 15.5 Å². The Hall–Kier alpha value is -0.410. The zero-order valence-electron chi connectivity index (χ0n) is 14.2. The van der Waals surface area contributed by atoms with Crippen LogP contribution in [0.3, 0.4) is 0 Å². The number of aryl methyl sites for hydroxylation is 1. The van der Waals surface area contributed by atoms with Crippen molar-refractivity contribution in [1.82, 2.24) is 20.5 Å². The quantitative estimate of drug-likeness (QED) is 0.353. The lowest BCUT2D eigenvalue weighted by Gasteiger charge is -2.20. The monoisotopic (exact) mass is 439 g/mol. The van der Waals surface area contributed by atoms with Crippen LogP contribution in [0.1, 0.15) is 30.2 Å². The predicted molar refractivity (Wildman–Crippen MR) is 108 cm³/mol. The summed E-state index contributed by atoms with van der Waals surface area (Å²) in [5, 5.41) is 7.88. The first-order valence-corrected chi connectivity index (χ1v) is 8.59. The molecule has 22 heavy (non-hydrogen) atoms. The van der Waals surface area contributed by atoms with Crippen molar-refractivity contribution < 1.29 is 0 Å². The number of nitrogens with one attached hydrogen (secondary N) is 2. The molecule has 5 nitrogen and oxygen atoms in total. The molecule has 0 saturated carbocycles. The van der Waals surface area contributed by atoms with Gasteiger partial charge in [0.2, 0.25) is 0 Å². The summed E-state index contributed by atoms with van der Waals surface area (Å²) in [4.78, 5) is 12.3. The maximum atomic E-state index is 4.37. The molecule has 0 aliphatic carbocycles. The lowest BCUT2D eigenvalue weighted by atomic mass is 10.4. The molecule has 1 rings (SSSR count). The molecular weight excluding hydrogens is 409 g/mol. The Morgan fingerprint density at radius 1 is 1.27 bits per heavy atom. The third kappa shape index (κ3) is 8.89. The van der Waals surface area contributed by atoms with Crippen LogP contribution in [0, 0.1) is 6.92 Å². The summed E-state index contributed by atoms with van der Waals surface area (Å²) in [6, 6.07) is 0. The van der Waals surface area contributed by atoms with Gasteiger partial charge in [-0.15, -0.1) is 35.3 Å². The summed E-state index contributed by atoms with van der Waals surface area (Å²) < 4.78 is 0. The molecule has 0 aliphatic rings. The zero-order valence-corrected chi connectivity index (χ0v) is 17.3. The predicted octanol–water partition coefficient (Wildman–Crippen LogP) is 2.51. The van der Waals surface area contributed by atoms with Gasteiger partial charge in [-0.2, -0.15) is 0 Å². The Kier molecular flexibility index (Phi) is 12.8. The number of guanidine groups is 1. The van der Waals surface area contributed by atoms with E-state index in [1.54, 1.807) is 11.3 Å². The Labute approximate surface area is 156 Å². The normalized spacial score (nSPS) is 11.4. The van der Waals surface area contributed by atoms with Crippen LogP contribution in [-0.2, 0) is 6.42 Å². The van der Waals surface area contributed by atoms with Crippen LogP contribution in [0.4, 0.5) is 0 Å². The van der Waals surface area contributed by atoms with E-state index in [4.69, 9.17) is 0 Å². The van der Waals surface area contributed by atoms with Gasteiger partial charge in [0.25, 0.3) is 0 Å². The number of thiazole rings is 1. The van der Waals surface area contributed by atoms with Crippen molar-refractivity contribution in [3.63, 3.8) is 0 Å². The highest BCUT2D eigenvalue weighted by Gasteiger charge is 2.03. The minimum absolute atomic E-state index is 0. The first kappa shape index (κ1) is 21.6. The van der Waals surface area contributed by atoms with Crippen LogP contribution in [0.2, 0.25) is 0 Å². The standard InChI is InChI=1S/C15H29N5S.HI/c1-5-10-20(6-2)11-9-18-15(16-4)17-8-7-14-19-12-13(3)21-14;/h12H,5-11H2,1-4H3,(H2,16,17,18);1H. The average Bonchev–Trinajstić information content (AvgIpc) is 2.90. The molecule has 0 fully saturated rings. The molecule has 0 amide bonds. The molecule has 1 heterocycles. The fraction of sp³-hybridized carbons (Fsp3) is 0.733. The maximum absolute atomic E-state index is 4.37. The number of hydrogen-bond donors (Lipinski definition) is 2. The lowest BCUT2D eigenvalue weighted by Crippen LogP contribution is -2.42. The van der Waals surface area contributed by atoms with Crippen LogP contribution < -0.4 is 10.6 Å². The van der Waals surface area contributed by atoms with Crippen LogP contribution in [0.15, 0.2) is 11.2 Å². The van der Waals surface area contributed by atoms with Gasteiger partial charge in [-0.1, -0.05) is 13.8 Å². The smallest absolute Gasteiger partial charge is 0.191 e. The van der Waals surface area contributed by atoms with E-state index >= 15 is 0 Å². The summed E-state index contributed by atoms with van der Waals surface area (Å²) in [5.74, 6) is 0.871. The van der Waals surface area contributed by atoms with Crippen LogP contribution >= 0.6 is 35.3 Å². The van der Waals surface area contributed by atoms with Crippen LogP contribution in [0.5, 0.6) is 0 Å². The molecule has 1 aromatic rings. The summed E-state index contributed by atoms with van der Waals surface area (Å²) in [5.41, 5.74) is 0.